The average molecular weight is 256 g/mol. The van der Waals surface area contributed by atoms with Crippen molar-refractivity contribution in [3.63, 3.8) is 0 Å². The molecular weight excluding hydrogens is 242 g/mol. The minimum atomic E-state index is -0.757. The number of aryl methyl sites for hydroxylation is 1. The van der Waals surface area contributed by atoms with Crippen molar-refractivity contribution in [1.29, 1.82) is 0 Å². The summed E-state index contributed by atoms with van der Waals surface area (Å²) in [5.41, 5.74) is 1.73. The molecule has 1 aromatic rings. The predicted octanol–water partition coefficient (Wildman–Crippen LogP) is 2.54. The molecule has 1 fully saturated rings. The molecule has 1 saturated carbocycles. The number of ether oxygens (including phenoxy) is 1. The number of methoxy groups -OCH3 is 1. The topological polar surface area (TPSA) is 58.6 Å². The standard InChI is InChI=1S/C12H14ClNO3/c1-6-3-10(11(17-2)5-8(6)13)14-9-4-7(9)12(15)16/h3,5,7,9,14H,4H2,1-2H3,(H,15,16). The van der Waals surface area contributed by atoms with E-state index in [1.807, 2.05) is 13.0 Å². The minimum absolute atomic E-state index is 0.0121. The maximum Gasteiger partial charge on any atom is 0.308 e. The van der Waals surface area contributed by atoms with Gasteiger partial charge in [-0.1, -0.05) is 11.6 Å². The highest BCUT2D eigenvalue weighted by Crippen LogP contribution is 2.38. The van der Waals surface area contributed by atoms with Gasteiger partial charge in [-0.25, -0.2) is 0 Å². The maximum atomic E-state index is 10.7. The van der Waals surface area contributed by atoms with Crippen LogP contribution in [0, 0.1) is 12.8 Å². The molecule has 2 N–H and O–H groups in total. The highest BCUT2D eigenvalue weighted by atomic mass is 35.5. The van der Waals surface area contributed by atoms with Gasteiger partial charge in [-0.2, -0.15) is 0 Å². The second-order valence-electron chi connectivity index (χ2n) is 4.23. The first-order chi connectivity index (χ1) is 8.02. The molecule has 0 saturated heterocycles. The van der Waals surface area contributed by atoms with Crippen LogP contribution in [-0.2, 0) is 4.79 Å². The highest BCUT2D eigenvalue weighted by Gasteiger charge is 2.43. The maximum absolute atomic E-state index is 10.7. The van der Waals surface area contributed by atoms with Gasteiger partial charge in [0.25, 0.3) is 0 Å². The number of carboxylic acids is 1. The molecule has 0 spiro atoms. The third-order valence-corrected chi connectivity index (χ3v) is 3.34. The van der Waals surface area contributed by atoms with E-state index < -0.39 is 5.97 Å². The van der Waals surface area contributed by atoms with E-state index in [1.54, 1.807) is 13.2 Å². The van der Waals surface area contributed by atoms with E-state index >= 15 is 0 Å². The van der Waals surface area contributed by atoms with Gasteiger partial charge < -0.3 is 15.2 Å². The van der Waals surface area contributed by atoms with E-state index in [9.17, 15) is 4.79 Å². The van der Waals surface area contributed by atoms with Gasteiger partial charge >= 0.3 is 5.97 Å². The lowest BCUT2D eigenvalue weighted by Crippen LogP contribution is -2.11. The van der Waals surface area contributed by atoms with Gasteiger partial charge in [-0.15, -0.1) is 0 Å². The zero-order chi connectivity index (χ0) is 12.6. The summed E-state index contributed by atoms with van der Waals surface area (Å²) in [4.78, 5) is 10.7. The second kappa shape index (κ2) is 4.45. The normalized spacial score (nSPS) is 22.1. The average Bonchev–Trinajstić information content (AvgIpc) is 3.02. The summed E-state index contributed by atoms with van der Waals surface area (Å²) in [6.45, 7) is 1.90. The fourth-order valence-corrected chi connectivity index (χ4v) is 1.93. The Balaban J connectivity index is 2.16. The van der Waals surface area contributed by atoms with Crippen LogP contribution in [0.3, 0.4) is 0 Å². The molecule has 92 valence electrons. The zero-order valence-corrected chi connectivity index (χ0v) is 10.4. The van der Waals surface area contributed by atoms with Gasteiger partial charge in [0, 0.05) is 17.1 Å². The van der Waals surface area contributed by atoms with E-state index in [2.05, 4.69) is 5.32 Å². The van der Waals surface area contributed by atoms with E-state index in [-0.39, 0.29) is 12.0 Å². The van der Waals surface area contributed by atoms with Gasteiger partial charge in [-0.05, 0) is 25.0 Å². The number of carbonyl (C=O) groups is 1. The second-order valence-corrected chi connectivity index (χ2v) is 4.64. The SMILES string of the molecule is COc1cc(Cl)c(C)cc1NC1CC1C(=O)O. The third-order valence-electron chi connectivity index (χ3n) is 2.93. The molecule has 0 aromatic heterocycles. The Bertz CT molecular complexity index is 461. The molecule has 1 aliphatic carbocycles. The first kappa shape index (κ1) is 12.0. The van der Waals surface area contributed by atoms with Crippen LogP contribution in [0.1, 0.15) is 12.0 Å². The van der Waals surface area contributed by atoms with Crippen molar-refractivity contribution in [2.24, 2.45) is 5.92 Å². The van der Waals surface area contributed by atoms with Crippen molar-refractivity contribution in [2.75, 3.05) is 12.4 Å². The number of rotatable bonds is 4. The molecule has 1 aromatic carbocycles. The van der Waals surface area contributed by atoms with Crippen molar-refractivity contribution >= 4 is 23.3 Å². The molecule has 0 radical (unpaired) electrons. The van der Waals surface area contributed by atoms with Crippen LogP contribution >= 0.6 is 11.6 Å². The molecule has 0 aliphatic heterocycles. The minimum Gasteiger partial charge on any atom is -0.495 e. The van der Waals surface area contributed by atoms with Crippen molar-refractivity contribution < 1.29 is 14.6 Å². The Hall–Kier alpha value is -1.42. The lowest BCUT2D eigenvalue weighted by atomic mass is 10.2. The van der Waals surface area contributed by atoms with E-state index in [1.165, 1.54) is 0 Å². The van der Waals surface area contributed by atoms with Crippen LogP contribution in [0.4, 0.5) is 5.69 Å². The van der Waals surface area contributed by atoms with Crippen LogP contribution in [-0.4, -0.2) is 24.2 Å². The zero-order valence-electron chi connectivity index (χ0n) is 9.66. The number of hydrogen-bond donors (Lipinski definition) is 2. The Kier molecular flexibility index (Phi) is 3.15. The Morgan fingerprint density at radius 1 is 1.59 bits per heavy atom. The van der Waals surface area contributed by atoms with Gasteiger partial charge in [0.1, 0.15) is 5.75 Å². The molecule has 2 atom stereocenters. The number of carboxylic acid groups (broad SMARTS) is 1. The summed E-state index contributed by atoms with van der Waals surface area (Å²) in [5.74, 6) is -0.417. The molecule has 0 heterocycles. The number of hydrogen-bond acceptors (Lipinski definition) is 3. The van der Waals surface area contributed by atoms with Gasteiger partial charge in [0.2, 0.25) is 0 Å². The van der Waals surface area contributed by atoms with Crippen molar-refractivity contribution in [2.45, 2.75) is 19.4 Å². The highest BCUT2D eigenvalue weighted by molar-refractivity contribution is 6.31. The lowest BCUT2D eigenvalue weighted by Gasteiger charge is -2.12. The summed E-state index contributed by atoms with van der Waals surface area (Å²) >= 11 is 5.99. The lowest BCUT2D eigenvalue weighted by molar-refractivity contribution is -0.138. The number of aliphatic carboxylic acids is 1. The number of halogens is 1. The monoisotopic (exact) mass is 255 g/mol. The first-order valence-electron chi connectivity index (χ1n) is 5.36. The molecular formula is C12H14ClNO3. The van der Waals surface area contributed by atoms with Crippen LogP contribution < -0.4 is 10.1 Å². The van der Waals surface area contributed by atoms with Crippen molar-refractivity contribution in [3.8, 4) is 5.75 Å². The van der Waals surface area contributed by atoms with Gasteiger partial charge in [0.15, 0.2) is 0 Å². The molecule has 17 heavy (non-hydrogen) atoms. The number of nitrogens with one attached hydrogen (secondary N) is 1. The summed E-state index contributed by atoms with van der Waals surface area (Å²) in [6.07, 6.45) is 0.653. The predicted molar refractivity (Wildman–Crippen MR) is 65.9 cm³/mol. The Morgan fingerprint density at radius 3 is 2.82 bits per heavy atom. The Morgan fingerprint density at radius 2 is 2.29 bits per heavy atom. The first-order valence-corrected chi connectivity index (χ1v) is 5.74. The fourth-order valence-electron chi connectivity index (χ4n) is 1.77. The van der Waals surface area contributed by atoms with Gasteiger partial charge in [-0.3, -0.25) is 4.79 Å². The van der Waals surface area contributed by atoms with Crippen LogP contribution in [0.2, 0.25) is 5.02 Å². The van der Waals surface area contributed by atoms with E-state index in [4.69, 9.17) is 21.4 Å². The largest absolute Gasteiger partial charge is 0.495 e. The van der Waals surface area contributed by atoms with Crippen molar-refractivity contribution in [1.82, 2.24) is 0 Å². The summed E-state index contributed by atoms with van der Waals surface area (Å²) in [5, 5.41) is 12.6. The summed E-state index contributed by atoms with van der Waals surface area (Å²) in [7, 11) is 1.56. The fraction of sp³-hybridized carbons (Fsp3) is 0.417. The van der Waals surface area contributed by atoms with Gasteiger partial charge in [0.05, 0.1) is 18.7 Å². The number of anilines is 1. The quantitative estimate of drug-likeness (QED) is 0.868. The third kappa shape index (κ3) is 2.47. The molecule has 2 rings (SSSR count). The Labute approximate surface area is 105 Å². The molecule has 0 amide bonds. The molecule has 4 nitrogen and oxygen atoms in total. The molecule has 2 unspecified atom stereocenters. The van der Waals surface area contributed by atoms with Crippen molar-refractivity contribution in [3.05, 3.63) is 22.7 Å². The molecule has 1 aliphatic rings. The number of benzene rings is 1. The van der Waals surface area contributed by atoms with Crippen LogP contribution in [0.5, 0.6) is 5.75 Å². The summed E-state index contributed by atoms with van der Waals surface area (Å²) < 4.78 is 5.21. The van der Waals surface area contributed by atoms with E-state index in [0.717, 1.165) is 11.3 Å². The van der Waals surface area contributed by atoms with Crippen LogP contribution in [0.25, 0.3) is 0 Å². The van der Waals surface area contributed by atoms with E-state index in [0.29, 0.717) is 17.2 Å². The molecule has 5 heteroatoms. The van der Waals surface area contributed by atoms with Crippen LogP contribution in [0.15, 0.2) is 12.1 Å². The smallest absolute Gasteiger partial charge is 0.308 e. The summed E-state index contributed by atoms with van der Waals surface area (Å²) in [6, 6.07) is 3.59. The molecule has 0 bridgehead atoms.